The summed E-state index contributed by atoms with van der Waals surface area (Å²) in [6.07, 6.45) is 0. The Morgan fingerprint density at radius 1 is 1.00 bits per heavy atom. The second kappa shape index (κ2) is 4.54. The molecule has 96 valence electrons. The van der Waals surface area contributed by atoms with Crippen molar-refractivity contribution in [2.24, 2.45) is 0 Å². The lowest BCUT2D eigenvalue weighted by atomic mass is 9.88. The maximum atomic E-state index is 12.5. The smallest absolute Gasteiger partial charge is 0.177 e. The van der Waals surface area contributed by atoms with E-state index in [4.69, 9.17) is 4.74 Å². The average Bonchev–Trinajstić information content (AvgIpc) is 2.40. The summed E-state index contributed by atoms with van der Waals surface area (Å²) in [6, 6.07) is 13.9. The van der Waals surface area contributed by atoms with Gasteiger partial charge in [-0.25, -0.2) is 0 Å². The zero-order valence-electron chi connectivity index (χ0n) is 11.1. The van der Waals surface area contributed by atoms with Crippen molar-refractivity contribution in [3.05, 3.63) is 64.7 Å². The Hall–Kier alpha value is -2.09. The molecule has 0 amide bonds. The van der Waals surface area contributed by atoms with Gasteiger partial charge >= 0.3 is 0 Å². The molecule has 0 radical (unpaired) electrons. The molecule has 0 spiro atoms. The number of carbonyl (C=O) groups is 1. The van der Waals surface area contributed by atoms with Crippen LogP contribution < -0.4 is 4.74 Å². The highest BCUT2D eigenvalue weighted by molar-refractivity contribution is 6.04. The highest BCUT2D eigenvalue weighted by atomic mass is 16.5. The van der Waals surface area contributed by atoms with Gasteiger partial charge in [0.15, 0.2) is 5.78 Å². The number of carbonyl (C=O) groups excluding carboxylic acids is 1. The van der Waals surface area contributed by atoms with Gasteiger partial charge in [0.25, 0.3) is 0 Å². The van der Waals surface area contributed by atoms with Crippen LogP contribution >= 0.6 is 0 Å². The van der Waals surface area contributed by atoms with Gasteiger partial charge in [-0.1, -0.05) is 35.9 Å². The van der Waals surface area contributed by atoms with Gasteiger partial charge < -0.3 is 4.74 Å². The maximum absolute atomic E-state index is 12.5. The van der Waals surface area contributed by atoms with Crippen LogP contribution in [0.5, 0.6) is 5.75 Å². The number of ether oxygens (including phenoxy) is 1. The molecule has 1 aliphatic heterocycles. The predicted molar refractivity (Wildman–Crippen MR) is 74.9 cm³/mol. The molecule has 0 fully saturated rings. The van der Waals surface area contributed by atoms with Crippen molar-refractivity contribution in [1.82, 2.24) is 0 Å². The van der Waals surface area contributed by atoms with Gasteiger partial charge in [0.1, 0.15) is 12.4 Å². The second-order valence-electron chi connectivity index (χ2n) is 5.14. The highest BCUT2D eigenvalue weighted by Gasteiger charge is 2.29. The Bertz CT molecular complexity index is 626. The maximum Gasteiger partial charge on any atom is 0.177 e. The van der Waals surface area contributed by atoms with Crippen molar-refractivity contribution >= 4 is 5.78 Å². The minimum Gasteiger partial charge on any atom is -0.492 e. The van der Waals surface area contributed by atoms with Crippen LogP contribution in [0.4, 0.5) is 0 Å². The SMILES string of the molecule is Cc1ccc(C2COc3cc(C)ccc3C2=O)cc1. The van der Waals surface area contributed by atoms with E-state index in [-0.39, 0.29) is 11.7 Å². The molecule has 2 nitrogen and oxygen atoms in total. The molecule has 1 atom stereocenters. The normalized spacial score (nSPS) is 17.8. The van der Waals surface area contributed by atoms with Gasteiger partial charge in [-0.2, -0.15) is 0 Å². The van der Waals surface area contributed by atoms with E-state index in [0.717, 1.165) is 11.1 Å². The summed E-state index contributed by atoms with van der Waals surface area (Å²) < 4.78 is 5.75. The third-order valence-corrected chi connectivity index (χ3v) is 3.60. The molecule has 0 N–H and O–H groups in total. The van der Waals surface area contributed by atoms with Crippen molar-refractivity contribution in [3.8, 4) is 5.75 Å². The summed E-state index contributed by atoms with van der Waals surface area (Å²) in [6.45, 7) is 4.47. The largest absolute Gasteiger partial charge is 0.492 e. The van der Waals surface area contributed by atoms with Crippen molar-refractivity contribution in [2.75, 3.05) is 6.61 Å². The van der Waals surface area contributed by atoms with Crippen LogP contribution in [0.3, 0.4) is 0 Å². The molecule has 2 heteroatoms. The van der Waals surface area contributed by atoms with Crippen molar-refractivity contribution in [3.63, 3.8) is 0 Å². The van der Waals surface area contributed by atoms with E-state index >= 15 is 0 Å². The molecule has 0 aliphatic carbocycles. The lowest BCUT2D eigenvalue weighted by molar-refractivity contribution is 0.0896. The number of ketones is 1. The molecule has 1 heterocycles. The first-order chi connectivity index (χ1) is 9.15. The van der Waals surface area contributed by atoms with E-state index in [2.05, 4.69) is 0 Å². The molecule has 1 unspecified atom stereocenters. The van der Waals surface area contributed by atoms with Crippen LogP contribution in [0.2, 0.25) is 0 Å². The number of benzene rings is 2. The number of fused-ring (bicyclic) bond motifs is 1. The standard InChI is InChI=1S/C17H16O2/c1-11-3-6-13(7-4-11)15-10-19-16-9-12(2)5-8-14(16)17(15)18/h3-9,15H,10H2,1-2H3. The van der Waals surface area contributed by atoms with Gasteiger partial charge in [-0.3, -0.25) is 4.79 Å². The van der Waals surface area contributed by atoms with Gasteiger partial charge in [-0.05, 0) is 37.1 Å². The Morgan fingerprint density at radius 2 is 1.68 bits per heavy atom. The van der Waals surface area contributed by atoms with Crippen LogP contribution in [0.15, 0.2) is 42.5 Å². The number of hydrogen-bond acceptors (Lipinski definition) is 2. The van der Waals surface area contributed by atoms with E-state index in [1.54, 1.807) is 0 Å². The topological polar surface area (TPSA) is 26.3 Å². The number of hydrogen-bond donors (Lipinski definition) is 0. The number of Topliss-reactive ketones (excluding diaryl/α,β-unsaturated/α-hetero) is 1. The fourth-order valence-corrected chi connectivity index (χ4v) is 2.44. The molecule has 0 aromatic heterocycles. The molecule has 0 saturated carbocycles. The van der Waals surface area contributed by atoms with Crippen molar-refractivity contribution < 1.29 is 9.53 Å². The minimum absolute atomic E-state index is 0.158. The average molecular weight is 252 g/mol. The van der Waals surface area contributed by atoms with Gasteiger partial charge in [-0.15, -0.1) is 0 Å². The van der Waals surface area contributed by atoms with E-state index in [1.165, 1.54) is 5.56 Å². The van der Waals surface area contributed by atoms with Gasteiger partial charge in [0.2, 0.25) is 0 Å². The molecule has 0 bridgehead atoms. The van der Waals surface area contributed by atoms with Gasteiger partial charge in [0.05, 0.1) is 11.5 Å². The Morgan fingerprint density at radius 3 is 2.42 bits per heavy atom. The number of aryl methyl sites for hydroxylation is 2. The van der Waals surface area contributed by atoms with Crippen LogP contribution in [-0.2, 0) is 0 Å². The Kier molecular flexibility index (Phi) is 2.86. The Balaban J connectivity index is 1.97. The molecular weight excluding hydrogens is 236 g/mol. The molecular formula is C17H16O2. The zero-order valence-corrected chi connectivity index (χ0v) is 11.1. The quantitative estimate of drug-likeness (QED) is 0.774. The second-order valence-corrected chi connectivity index (χ2v) is 5.14. The summed E-state index contributed by atoms with van der Waals surface area (Å²) in [7, 11) is 0. The molecule has 2 aromatic rings. The van der Waals surface area contributed by atoms with Crippen LogP contribution in [0.25, 0.3) is 0 Å². The minimum atomic E-state index is -0.184. The first-order valence-electron chi connectivity index (χ1n) is 6.49. The zero-order chi connectivity index (χ0) is 13.4. The first kappa shape index (κ1) is 12.0. The molecule has 0 saturated heterocycles. The lowest BCUT2D eigenvalue weighted by Crippen LogP contribution is -2.26. The first-order valence-corrected chi connectivity index (χ1v) is 6.49. The fourth-order valence-electron chi connectivity index (χ4n) is 2.44. The van der Waals surface area contributed by atoms with E-state index in [1.807, 2.05) is 56.3 Å². The van der Waals surface area contributed by atoms with Crippen LogP contribution in [0.1, 0.15) is 33.0 Å². The highest BCUT2D eigenvalue weighted by Crippen LogP contribution is 2.33. The Labute approximate surface area is 113 Å². The molecule has 19 heavy (non-hydrogen) atoms. The summed E-state index contributed by atoms with van der Waals surface area (Å²) in [4.78, 5) is 12.5. The van der Waals surface area contributed by atoms with E-state index in [0.29, 0.717) is 17.9 Å². The van der Waals surface area contributed by atoms with Gasteiger partial charge in [0, 0.05) is 0 Å². The summed E-state index contributed by atoms with van der Waals surface area (Å²) in [5.74, 6) is 0.689. The van der Waals surface area contributed by atoms with Crippen molar-refractivity contribution in [1.29, 1.82) is 0 Å². The fraction of sp³-hybridized carbons (Fsp3) is 0.235. The van der Waals surface area contributed by atoms with Crippen molar-refractivity contribution in [2.45, 2.75) is 19.8 Å². The predicted octanol–water partition coefficient (Wildman–Crippen LogP) is 3.66. The summed E-state index contributed by atoms with van der Waals surface area (Å²) >= 11 is 0. The summed E-state index contributed by atoms with van der Waals surface area (Å²) in [5.41, 5.74) is 4.04. The molecule has 1 aliphatic rings. The number of rotatable bonds is 1. The third kappa shape index (κ3) is 2.14. The molecule has 3 rings (SSSR count). The van der Waals surface area contributed by atoms with E-state index in [9.17, 15) is 4.79 Å². The molecule has 2 aromatic carbocycles. The monoisotopic (exact) mass is 252 g/mol. The summed E-state index contributed by atoms with van der Waals surface area (Å²) in [5, 5.41) is 0. The van der Waals surface area contributed by atoms with Crippen LogP contribution in [0, 0.1) is 13.8 Å². The third-order valence-electron chi connectivity index (χ3n) is 3.60. The lowest BCUT2D eigenvalue weighted by Gasteiger charge is -2.24. The van der Waals surface area contributed by atoms with E-state index < -0.39 is 0 Å². The van der Waals surface area contributed by atoms with Crippen LogP contribution in [-0.4, -0.2) is 12.4 Å².